The van der Waals surface area contributed by atoms with Crippen LogP contribution < -0.4 is 21.3 Å². The fourth-order valence-electron chi connectivity index (χ4n) is 5.49. The average Bonchev–Trinajstić information content (AvgIpc) is 3.09. The maximum atomic E-state index is 13.8. The van der Waals surface area contributed by atoms with Gasteiger partial charge in [0.25, 0.3) is 5.91 Å². The number of nitrogens with zero attached hydrogens (tertiary/aromatic N) is 1. The van der Waals surface area contributed by atoms with Crippen molar-refractivity contribution in [3.63, 3.8) is 0 Å². The summed E-state index contributed by atoms with van der Waals surface area (Å²) in [5.74, 6) is -1.13. The molecule has 1 saturated carbocycles. The first-order valence-corrected chi connectivity index (χ1v) is 13.5. The lowest BCUT2D eigenvalue weighted by molar-refractivity contribution is -0.119. The van der Waals surface area contributed by atoms with Crippen LogP contribution in [0.3, 0.4) is 0 Å². The van der Waals surface area contributed by atoms with Gasteiger partial charge in [0.15, 0.2) is 0 Å². The molecule has 39 heavy (non-hydrogen) atoms. The molecule has 202 valence electrons. The summed E-state index contributed by atoms with van der Waals surface area (Å²) in [7, 11) is 0. The van der Waals surface area contributed by atoms with Gasteiger partial charge in [0.2, 0.25) is 11.8 Å². The van der Waals surface area contributed by atoms with E-state index in [1.807, 2.05) is 30.3 Å². The van der Waals surface area contributed by atoms with Gasteiger partial charge in [-0.05, 0) is 60.7 Å². The molecular weight excluding hydrogens is 495 g/mol. The van der Waals surface area contributed by atoms with Gasteiger partial charge in [-0.2, -0.15) is 0 Å². The van der Waals surface area contributed by atoms with Crippen molar-refractivity contribution >= 4 is 29.1 Å². The monoisotopic (exact) mass is 528 g/mol. The Labute approximate surface area is 227 Å². The number of carbonyl (C=O) groups excluding carboxylic acids is 3. The molecular formula is C31H33FN4O3. The fourth-order valence-corrected chi connectivity index (χ4v) is 5.49. The second-order valence-electron chi connectivity index (χ2n) is 10.3. The lowest BCUT2D eigenvalue weighted by atomic mass is 9.91. The molecule has 0 spiro atoms. The molecule has 0 aromatic heterocycles. The number of aryl methyl sites for hydroxylation is 1. The summed E-state index contributed by atoms with van der Waals surface area (Å²) in [6, 6.07) is 19.7. The van der Waals surface area contributed by atoms with Crippen molar-refractivity contribution in [2.75, 3.05) is 10.2 Å². The third kappa shape index (κ3) is 6.17. The van der Waals surface area contributed by atoms with Crippen molar-refractivity contribution in [1.29, 1.82) is 0 Å². The number of anilines is 2. The van der Waals surface area contributed by atoms with Crippen molar-refractivity contribution in [3.8, 4) is 0 Å². The Hall–Kier alpha value is -4.04. The zero-order valence-corrected chi connectivity index (χ0v) is 21.7. The first-order chi connectivity index (χ1) is 18.9. The lowest BCUT2D eigenvalue weighted by Gasteiger charge is -2.31. The largest absolute Gasteiger partial charge is 0.348 e. The zero-order chi connectivity index (χ0) is 27.4. The normalized spacial score (nSPS) is 20.9. The molecule has 3 amide bonds. The van der Waals surface area contributed by atoms with Crippen LogP contribution in [-0.2, 0) is 16.0 Å². The van der Waals surface area contributed by atoms with Crippen LogP contribution in [-0.4, -0.2) is 29.8 Å². The van der Waals surface area contributed by atoms with Gasteiger partial charge in [0, 0.05) is 24.1 Å². The third-order valence-electron chi connectivity index (χ3n) is 7.61. The summed E-state index contributed by atoms with van der Waals surface area (Å²) in [6.45, 7) is 0. The minimum Gasteiger partial charge on any atom is -0.348 e. The molecule has 3 aromatic carbocycles. The highest BCUT2D eigenvalue weighted by Gasteiger charge is 2.34. The van der Waals surface area contributed by atoms with E-state index in [9.17, 15) is 18.8 Å². The average molecular weight is 529 g/mol. The highest BCUT2D eigenvalue weighted by atomic mass is 19.1. The molecule has 1 aliphatic heterocycles. The van der Waals surface area contributed by atoms with Crippen molar-refractivity contribution in [2.24, 2.45) is 5.73 Å². The molecule has 0 saturated heterocycles. The topological polar surface area (TPSA) is 105 Å². The van der Waals surface area contributed by atoms with Crippen LogP contribution in [0.15, 0.2) is 72.8 Å². The SMILES string of the molecule is NC1CCCCC1NC(=O)c1ccc2c(c1)NC(=O)CC(c1ccc(F)cc1)N2C(=O)CCc1ccccc1. The highest BCUT2D eigenvalue weighted by molar-refractivity contribution is 6.06. The Bertz CT molecular complexity index is 1350. The molecule has 4 N–H and O–H groups in total. The van der Waals surface area contributed by atoms with Crippen LogP contribution in [0.2, 0.25) is 0 Å². The van der Waals surface area contributed by atoms with Crippen LogP contribution >= 0.6 is 0 Å². The van der Waals surface area contributed by atoms with E-state index in [-0.39, 0.29) is 42.6 Å². The minimum absolute atomic E-state index is 0.00412. The molecule has 3 unspecified atom stereocenters. The van der Waals surface area contributed by atoms with Crippen molar-refractivity contribution in [1.82, 2.24) is 5.32 Å². The standard InChI is InChI=1S/C31H33FN4O3/c32-23-14-11-21(12-15-23)28-19-29(37)34-26-18-22(31(39)35-25-9-5-4-8-24(25)33)13-16-27(26)36(28)30(38)17-10-20-6-2-1-3-7-20/h1-3,6-7,11-16,18,24-25,28H,4-5,8-10,17,19,33H2,(H,34,37)(H,35,39). The number of rotatable bonds is 6. The summed E-state index contributed by atoms with van der Waals surface area (Å²) >= 11 is 0. The van der Waals surface area contributed by atoms with Crippen molar-refractivity contribution in [3.05, 3.63) is 95.3 Å². The molecule has 5 rings (SSSR count). The molecule has 3 aromatic rings. The number of nitrogens with two attached hydrogens (primary N) is 1. The molecule has 1 fully saturated rings. The smallest absolute Gasteiger partial charge is 0.251 e. The van der Waals surface area contributed by atoms with Gasteiger partial charge in [-0.3, -0.25) is 14.4 Å². The fraction of sp³-hybridized carbons (Fsp3) is 0.323. The summed E-state index contributed by atoms with van der Waals surface area (Å²) < 4.78 is 13.7. The summed E-state index contributed by atoms with van der Waals surface area (Å²) in [6.07, 6.45) is 4.53. The number of nitrogens with one attached hydrogen (secondary N) is 2. The maximum Gasteiger partial charge on any atom is 0.251 e. The molecule has 2 aliphatic rings. The molecule has 8 heteroatoms. The number of halogens is 1. The number of carbonyl (C=O) groups is 3. The van der Waals surface area contributed by atoms with Crippen molar-refractivity contribution < 1.29 is 18.8 Å². The van der Waals surface area contributed by atoms with Gasteiger partial charge in [0.1, 0.15) is 5.82 Å². The number of amides is 3. The van der Waals surface area contributed by atoms with Crippen molar-refractivity contribution in [2.45, 2.75) is 63.1 Å². The number of hydrogen-bond acceptors (Lipinski definition) is 4. The predicted octanol–water partition coefficient (Wildman–Crippen LogP) is 4.87. The molecule has 0 radical (unpaired) electrons. The first kappa shape index (κ1) is 26.6. The van der Waals surface area contributed by atoms with Gasteiger partial charge in [-0.1, -0.05) is 55.3 Å². The van der Waals surface area contributed by atoms with Crippen LogP contribution in [0, 0.1) is 5.82 Å². The van der Waals surface area contributed by atoms with E-state index in [2.05, 4.69) is 10.6 Å². The second-order valence-corrected chi connectivity index (χ2v) is 10.3. The van der Waals surface area contributed by atoms with E-state index in [0.29, 0.717) is 28.9 Å². The van der Waals surface area contributed by atoms with Gasteiger partial charge < -0.3 is 21.3 Å². The predicted molar refractivity (Wildman–Crippen MR) is 149 cm³/mol. The molecule has 1 aliphatic carbocycles. The first-order valence-electron chi connectivity index (χ1n) is 13.5. The number of hydrogen-bond donors (Lipinski definition) is 3. The highest BCUT2D eigenvalue weighted by Crippen LogP contribution is 2.39. The zero-order valence-electron chi connectivity index (χ0n) is 21.7. The Morgan fingerprint density at radius 3 is 2.49 bits per heavy atom. The lowest BCUT2D eigenvalue weighted by Crippen LogP contribution is -2.49. The maximum absolute atomic E-state index is 13.8. The summed E-state index contributed by atoms with van der Waals surface area (Å²) in [5, 5.41) is 5.93. The Morgan fingerprint density at radius 1 is 1.00 bits per heavy atom. The van der Waals surface area contributed by atoms with E-state index in [1.165, 1.54) is 12.1 Å². The number of fused-ring (bicyclic) bond motifs is 1. The molecule has 0 bridgehead atoms. The van der Waals surface area contributed by atoms with Gasteiger partial charge in [-0.15, -0.1) is 0 Å². The van der Waals surface area contributed by atoms with E-state index < -0.39 is 11.9 Å². The van der Waals surface area contributed by atoms with Crippen LogP contribution in [0.4, 0.5) is 15.8 Å². The van der Waals surface area contributed by atoms with E-state index >= 15 is 0 Å². The third-order valence-corrected chi connectivity index (χ3v) is 7.61. The van der Waals surface area contributed by atoms with Gasteiger partial charge in [0.05, 0.1) is 23.8 Å². The Balaban J connectivity index is 1.47. The second kappa shape index (κ2) is 11.8. The quantitative estimate of drug-likeness (QED) is 0.424. The van der Waals surface area contributed by atoms with E-state index in [1.54, 1.807) is 35.2 Å². The van der Waals surface area contributed by atoms with Crippen LogP contribution in [0.25, 0.3) is 0 Å². The van der Waals surface area contributed by atoms with Gasteiger partial charge >= 0.3 is 0 Å². The Kier molecular flexibility index (Phi) is 8.02. The number of benzene rings is 3. The molecule has 7 nitrogen and oxygen atoms in total. The molecule has 1 heterocycles. The van der Waals surface area contributed by atoms with Crippen LogP contribution in [0.5, 0.6) is 0 Å². The summed E-state index contributed by atoms with van der Waals surface area (Å²) in [5.41, 5.74) is 9.16. The van der Waals surface area contributed by atoms with E-state index in [4.69, 9.17) is 5.73 Å². The summed E-state index contributed by atoms with van der Waals surface area (Å²) in [4.78, 5) is 41.5. The minimum atomic E-state index is -0.630. The van der Waals surface area contributed by atoms with Crippen LogP contribution in [0.1, 0.15) is 66.1 Å². The van der Waals surface area contributed by atoms with Gasteiger partial charge in [-0.25, -0.2) is 4.39 Å². The molecule has 3 atom stereocenters. The van der Waals surface area contributed by atoms with E-state index in [0.717, 1.165) is 31.2 Å². The Morgan fingerprint density at radius 2 is 1.74 bits per heavy atom.